The quantitative estimate of drug-likeness (QED) is 0.406. The van der Waals surface area contributed by atoms with Gasteiger partial charge in [0, 0.05) is 6.20 Å². The smallest absolute Gasteiger partial charge is 0.292 e. The van der Waals surface area contributed by atoms with Gasteiger partial charge in [-0.05, 0) is 29.1 Å². The normalized spacial score (nSPS) is 19.8. The van der Waals surface area contributed by atoms with Crippen LogP contribution < -0.4 is 4.90 Å². The lowest BCUT2D eigenvalue weighted by Gasteiger charge is -2.26. The number of carbonyl (C=O) groups is 3. The first-order valence-corrected chi connectivity index (χ1v) is 8.97. The Labute approximate surface area is 153 Å². The first-order chi connectivity index (χ1) is 12.7. The van der Waals surface area contributed by atoms with Gasteiger partial charge in [0.2, 0.25) is 5.78 Å². The van der Waals surface area contributed by atoms with Crippen LogP contribution in [-0.4, -0.2) is 22.5 Å². The summed E-state index contributed by atoms with van der Waals surface area (Å²) < 4.78 is 0. The fourth-order valence-electron chi connectivity index (χ4n) is 3.24. The van der Waals surface area contributed by atoms with Crippen molar-refractivity contribution < 1.29 is 14.4 Å². The molecule has 5 nitrogen and oxygen atoms in total. The molecule has 0 saturated carbocycles. The second-order valence-corrected chi connectivity index (χ2v) is 6.85. The molecule has 1 saturated heterocycles. The monoisotopic (exact) mass is 362 g/mol. The lowest BCUT2D eigenvalue weighted by molar-refractivity contribution is -0.135. The number of ketones is 2. The summed E-state index contributed by atoms with van der Waals surface area (Å²) in [5.41, 5.74) is 0.729. The summed E-state index contributed by atoms with van der Waals surface area (Å²) in [6, 6.07) is 17.0. The summed E-state index contributed by atoms with van der Waals surface area (Å²) in [5, 5.41) is 1.78. The molecule has 0 spiro atoms. The number of hydrogen-bond donors (Lipinski definition) is 0. The number of anilines is 1. The average Bonchev–Trinajstić information content (AvgIpc) is 3.31. The van der Waals surface area contributed by atoms with Gasteiger partial charge in [0.25, 0.3) is 5.91 Å². The third-order valence-corrected chi connectivity index (χ3v) is 5.27. The van der Waals surface area contributed by atoms with Crippen molar-refractivity contribution in [3.05, 3.63) is 82.7 Å². The van der Waals surface area contributed by atoms with Crippen LogP contribution in [0.15, 0.2) is 72.2 Å². The molecule has 1 aromatic carbocycles. The van der Waals surface area contributed by atoms with Crippen molar-refractivity contribution in [1.29, 1.82) is 0 Å². The van der Waals surface area contributed by atoms with Gasteiger partial charge >= 0.3 is 0 Å². The maximum Gasteiger partial charge on any atom is 0.297 e. The number of rotatable bonds is 4. The fourth-order valence-corrected chi connectivity index (χ4v) is 3.94. The molecular weight excluding hydrogens is 348 g/mol. The van der Waals surface area contributed by atoms with E-state index in [-0.39, 0.29) is 5.78 Å². The highest BCUT2D eigenvalue weighted by molar-refractivity contribution is 7.12. The van der Waals surface area contributed by atoms with Crippen LogP contribution in [0.4, 0.5) is 5.82 Å². The zero-order valence-electron chi connectivity index (χ0n) is 13.6. The van der Waals surface area contributed by atoms with E-state index < -0.39 is 23.7 Å². The highest BCUT2D eigenvalue weighted by Crippen LogP contribution is 2.40. The largest absolute Gasteiger partial charge is 0.297 e. The van der Waals surface area contributed by atoms with E-state index in [1.807, 2.05) is 30.3 Å². The second kappa shape index (κ2) is 6.65. The van der Waals surface area contributed by atoms with Crippen LogP contribution in [0.25, 0.3) is 0 Å². The van der Waals surface area contributed by atoms with Crippen molar-refractivity contribution in [3.8, 4) is 0 Å². The summed E-state index contributed by atoms with van der Waals surface area (Å²) in [5.74, 6) is -2.44. The van der Waals surface area contributed by atoms with Gasteiger partial charge in [-0.3, -0.25) is 19.3 Å². The molecule has 2 atom stereocenters. The van der Waals surface area contributed by atoms with Gasteiger partial charge in [-0.15, -0.1) is 11.3 Å². The number of nitrogens with zero attached hydrogens (tertiary/aromatic N) is 2. The lowest BCUT2D eigenvalue weighted by Crippen LogP contribution is -2.31. The lowest BCUT2D eigenvalue weighted by atomic mass is 9.88. The zero-order chi connectivity index (χ0) is 18.1. The molecule has 3 heterocycles. The molecule has 26 heavy (non-hydrogen) atoms. The van der Waals surface area contributed by atoms with E-state index >= 15 is 0 Å². The van der Waals surface area contributed by atoms with Crippen LogP contribution in [0.5, 0.6) is 0 Å². The summed E-state index contributed by atoms with van der Waals surface area (Å²) >= 11 is 1.27. The molecule has 1 fully saturated rings. The summed E-state index contributed by atoms with van der Waals surface area (Å²) in [4.78, 5) is 44.6. The van der Waals surface area contributed by atoms with E-state index in [1.165, 1.54) is 16.2 Å². The molecule has 2 unspecified atom stereocenters. The van der Waals surface area contributed by atoms with Crippen molar-refractivity contribution in [2.24, 2.45) is 5.92 Å². The number of carbonyl (C=O) groups excluding carboxylic acids is 3. The highest BCUT2D eigenvalue weighted by Gasteiger charge is 2.52. The number of pyridine rings is 1. The van der Waals surface area contributed by atoms with E-state index in [1.54, 1.807) is 41.9 Å². The Morgan fingerprint density at radius 3 is 2.38 bits per heavy atom. The van der Waals surface area contributed by atoms with E-state index in [4.69, 9.17) is 0 Å². The number of Topliss-reactive ketones (excluding diaryl/α,β-unsaturated/α-hetero) is 2. The maximum atomic E-state index is 13.0. The Balaban J connectivity index is 1.86. The van der Waals surface area contributed by atoms with E-state index in [9.17, 15) is 14.4 Å². The minimum atomic E-state index is -1.08. The Morgan fingerprint density at radius 2 is 1.73 bits per heavy atom. The molecule has 1 aliphatic heterocycles. The minimum absolute atomic E-state index is 0.328. The van der Waals surface area contributed by atoms with Crippen LogP contribution in [0, 0.1) is 5.92 Å². The first-order valence-electron chi connectivity index (χ1n) is 8.09. The van der Waals surface area contributed by atoms with Crippen LogP contribution in [-0.2, 0) is 9.59 Å². The average molecular weight is 362 g/mol. The predicted molar refractivity (Wildman–Crippen MR) is 98.1 cm³/mol. The van der Waals surface area contributed by atoms with Gasteiger partial charge in [-0.2, -0.15) is 0 Å². The summed E-state index contributed by atoms with van der Waals surface area (Å²) in [7, 11) is 0. The van der Waals surface area contributed by atoms with Crippen molar-refractivity contribution >= 4 is 34.6 Å². The Morgan fingerprint density at radius 1 is 0.962 bits per heavy atom. The first kappa shape index (κ1) is 16.4. The fraction of sp³-hybridized carbons (Fsp3) is 0.100. The molecule has 6 heteroatoms. The van der Waals surface area contributed by atoms with Crippen LogP contribution in [0.2, 0.25) is 0 Å². The van der Waals surface area contributed by atoms with Crippen LogP contribution in [0.1, 0.15) is 21.3 Å². The molecule has 0 radical (unpaired) electrons. The van der Waals surface area contributed by atoms with E-state index in [2.05, 4.69) is 4.98 Å². The molecule has 0 N–H and O–H groups in total. The van der Waals surface area contributed by atoms with Crippen molar-refractivity contribution in [3.63, 3.8) is 0 Å². The number of aromatic nitrogens is 1. The number of benzene rings is 1. The number of thiophene rings is 1. The Bertz CT molecular complexity index is 955. The van der Waals surface area contributed by atoms with Crippen molar-refractivity contribution in [2.75, 3.05) is 4.90 Å². The Hall–Kier alpha value is -3.12. The van der Waals surface area contributed by atoms with Crippen molar-refractivity contribution in [1.82, 2.24) is 4.98 Å². The summed E-state index contributed by atoms with van der Waals surface area (Å²) in [6.45, 7) is 0. The maximum absolute atomic E-state index is 13.0. The molecule has 3 aromatic rings. The van der Waals surface area contributed by atoms with Gasteiger partial charge in [0.1, 0.15) is 11.7 Å². The molecule has 1 amide bonds. The molecule has 1 aliphatic rings. The van der Waals surface area contributed by atoms with Gasteiger partial charge in [0.15, 0.2) is 5.78 Å². The summed E-state index contributed by atoms with van der Waals surface area (Å²) in [6.07, 6.45) is 1.56. The van der Waals surface area contributed by atoms with Gasteiger partial charge in [0.05, 0.1) is 10.9 Å². The standard InChI is InChI=1S/C20H14N2O3S/c23-18(14-9-6-12-26-14)16-17(13-7-2-1-3-8-13)22(20(25)19(16)24)15-10-4-5-11-21-15/h1-12,16-17H. The number of amides is 1. The van der Waals surface area contributed by atoms with Crippen molar-refractivity contribution in [2.45, 2.75) is 6.04 Å². The van der Waals surface area contributed by atoms with Gasteiger partial charge < -0.3 is 0 Å². The highest BCUT2D eigenvalue weighted by atomic mass is 32.1. The molecule has 0 bridgehead atoms. The molecule has 128 valence electrons. The third kappa shape index (κ3) is 2.64. The third-order valence-electron chi connectivity index (χ3n) is 4.39. The zero-order valence-corrected chi connectivity index (χ0v) is 14.4. The van der Waals surface area contributed by atoms with Gasteiger partial charge in [-0.25, -0.2) is 4.98 Å². The molecule has 0 aliphatic carbocycles. The van der Waals surface area contributed by atoms with E-state index in [0.29, 0.717) is 10.7 Å². The molecular formula is C20H14N2O3S. The van der Waals surface area contributed by atoms with Gasteiger partial charge in [-0.1, -0.05) is 42.5 Å². The topological polar surface area (TPSA) is 67.3 Å². The predicted octanol–water partition coefficient (Wildman–Crippen LogP) is 3.30. The Kier molecular flexibility index (Phi) is 4.18. The minimum Gasteiger partial charge on any atom is -0.292 e. The molecule has 2 aromatic heterocycles. The van der Waals surface area contributed by atoms with Crippen LogP contribution in [0.3, 0.4) is 0 Å². The molecule has 4 rings (SSSR count). The van der Waals surface area contributed by atoms with E-state index in [0.717, 1.165) is 5.56 Å². The SMILES string of the molecule is O=C1C(=O)N(c2ccccn2)C(c2ccccc2)C1C(=O)c1cccs1. The number of hydrogen-bond acceptors (Lipinski definition) is 5. The van der Waals surface area contributed by atoms with Crippen LogP contribution >= 0.6 is 11.3 Å². The second-order valence-electron chi connectivity index (χ2n) is 5.90.